The van der Waals surface area contributed by atoms with Gasteiger partial charge in [-0.25, -0.2) is 0 Å². The third-order valence-electron chi connectivity index (χ3n) is 3.02. The molecule has 0 spiro atoms. The molecule has 0 saturated heterocycles. The van der Waals surface area contributed by atoms with Crippen molar-refractivity contribution in [2.24, 2.45) is 5.41 Å². The zero-order chi connectivity index (χ0) is 11.5. The molecule has 0 aromatic rings. The van der Waals surface area contributed by atoms with Crippen molar-refractivity contribution in [2.75, 3.05) is 11.0 Å². The van der Waals surface area contributed by atoms with Crippen LogP contribution >= 0.6 is 22.6 Å². The lowest BCUT2D eigenvalue weighted by atomic mass is 9.87. The van der Waals surface area contributed by atoms with E-state index in [0.29, 0.717) is 6.61 Å². The number of allylic oxidation sites excluding steroid dienone is 1. The molecule has 1 aliphatic carbocycles. The van der Waals surface area contributed by atoms with E-state index >= 15 is 0 Å². The van der Waals surface area contributed by atoms with E-state index in [1.54, 1.807) is 0 Å². The molecule has 0 aromatic carbocycles. The predicted octanol–water partition coefficient (Wildman–Crippen LogP) is 3.55. The number of alkyl halides is 1. The van der Waals surface area contributed by atoms with Crippen molar-refractivity contribution in [3.8, 4) is 0 Å². The Hall–Kier alpha value is 0.390. The molecule has 1 rings (SSSR count). The summed E-state index contributed by atoms with van der Waals surface area (Å²) in [4.78, 5) is 0. The summed E-state index contributed by atoms with van der Waals surface area (Å²) in [5, 5.41) is 0. The van der Waals surface area contributed by atoms with Gasteiger partial charge < -0.3 is 9.47 Å². The van der Waals surface area contributed by atoms with Gasteiger partial charge in [-0.1, -0.05) is 48.1 Å². The highest BCUT2D eigenvalue weighted by molar-refractivity contribution is 14.1. The van der Waals surface area contributed by atoms with Gasteiger partial charge >= 0.3 is 0 Å². The van der Waals surface area contributed by atoms with E-state index in [2.05, 4.69) is 49.4 Å². The Balaban J connectivity index is 2.48. The van der Waals surface area contributed by atoms with Gasteiger partial charge in [0, 0.05) is 6.61 Å². The van der Waals surface area contributed by atoms with E-state index < -0.39 is 0 Å². The molecule has 1 aliphatic rings. The molecule has 0 saturated carbocycles. The summed E-state index contributed by atoms with van der Waals surface area (Å²) in [6, 6.07) is 0. The summed E-state index contributed by atoms with van der Waals surface area (Å²) in [5.41, 5.74) is 1.71. The zero-order valence-electron chi connectivity index (χ0n) is 10.0. The molecule has 0 fully saturated rings. The van der Waals surface area contributed by atoms with Gasteiger partial charge in [0.1, 0.15) is 0 Å². The second-order valence-corrected chi connectivity index (χ2v) is 5.53. The van der Waals surface area contributed by atoms with Crippen molar-refractivity contribution in [1.29, 1.82) is 0 Å². The highest BCUT2D eigenvalue weighted by atomic mass is 127. The first-order valence-electron chi connectivity index (χ1n) is 5.51. The Morgan fingerprint density at radius 2 is 2.27 bits per heavy atom. The molecule has 0 heterocycles. The smallest absolute Gasteiger partial charge is 0.167 e. The first-order valence-corrected chi connectivity index (χ1v) is 7.04. The van der Waals surface area contributed by atoms with Crippen LogP contribution in [-0.2, 0) is 9.47 Å². The molecule has 2 nitrogen and oxygen atoms in total. The Morgan fingerprint density at radius 3 is 2.67 bits per heavy atom. The molecule has 0 amide bonds. The zero-order valence-corrected chi connectivity index (χ0v) is 12.2. The van der Waals surface area contributed by atoms with Crippen LogP contribution in [0.5, 0.6) is 0 Å². The van der Waals surface area contributed by atoms with Crippen molar-refractivity contribution < 1.29 is 9.47 Å². The Kier molecular flexibility index (Phi) is 5.06. The van der Waals surface area contributed by atoms with Gasteiger partial charge in [0.15, 0.2) is 6.29 Å². The van der Waals surface area contributed by atoms with E-state index in [-0.39, 0.29) is 17.8 Å². The number of hydrogen-bond donors (Lipinski definition) is 0. The van der Waals surface area contributed by atoms with Crippen LogP contribution in [0.15, 0.2) is 11.6 Å². The maximum Gasteiger partial charge on any atom is 0.167 e. The van der Waals surface area contributed by atoms with Crippen molar-refractivity contribution in [1.82, 2.24) is 0 Å². The molecule has 88 valence electrons. The molecule has 0 radical (unpaired) electrons. The Morgan fingerprint density at radius 1 is 1.60 bits per heavy atom. The van der Waals surface area contributed by atoms with E-state index in [1.165, 1.54) is 5.57 Å². The quantitative estimate of drug-likeness (QED) is 0.333. The Labute approximate surface area is 107 Å². The lowest BCUT2D eigenvalue weighted by Crippen LogP contribution is -2.25. The molecule has 2 unspecified atom stereocenters. The number of halogens is 1. The molecule has 2 atom stereocenters. The maximum absolute atomic E-state index is 5.90. The van der Waals surface area contributed by atoms with Gasteiger partial charge in [0.05, 0.1) is 10.5 Å². The summed E-state index contributed by atoms with van der Waals surface area (Å²) in [6.45, 7) is 9.43. The van der Waals surface area contributed by atoms with Crippen LogP contribution < -0.4 is 0 Å². The Bertz CT molecular complexity index is 236. The second kappa shape index (κ2) is 5.64. The summed E-state index contributed by atoms with van der Waals surface area (Å²) < 4.78 is 12.3. The molecule has 0 bridgehead atoms. The minimum atomic E-state index is -0.0569. The standard InChI is InChI=1S/C12H21IO2/c1-5-14-11(8-13)15-10-6-9(2)12(3,4)7-10/h6,10-11H,5,7-8H2,1-4H3. The minimum absolute atomic E-state index is 0.0569. The first kappa shape index (κ1) is 13.5. The molecule has 0 aromatic heterocycles. The minimum Gasteiger partial charge on any atom is -0.352 e. The highest BCUT2D eigenvalue weighted by Crippen LogP contribution is 2.39. The van der Waals surface area contributed by atoms with E-state index in [1.807, 2.05) is 6.92 Å². The van der Waals surface area contributed by atoms with Gasteiger partial charge in [-0.05, 0) is 25.7 Å². The van der Waals surface area contributed by atoms with Crippen LogP contribution in [0.3, 0.4) is 0 Å². The predicted molar refractivity (Wildman–Crippen MR) is 71.3 cm³/mol. The van der Waals surface area contributed by atoms with Crippen molar-refractivity contribution in [2.45, 2.75) is 46.5 Å². The van der Waals surface area contributed by atoms with E-state index in [0.717, 1.165) is 10.8 Å². The van der Waals surface area contributed by atoms with Crippen LogP contribution in [0.4, 0.5) is 0 Å². The molecular weight excluding hydrogens is 303 g/mol. The fraction of sp³-hybridized carbons (Fsp3) is 0.833. The normalized spacial score (nSPS) is 26.5. The van der Waals surface area contributed by atoms with Gasteiger partial charge in [0.25, 0.3) is 0 Å². The van der Waals surface area contributed by atoms with Crippen molar-refractivity contribution in [3.05, 3.63) is 11.6 Å². The molecule has 0 N–H and O–H groups in total. The maximum atomic E-state index is 5.90. The SMILES string of the molecule is CCOC(CI)OC1C=C(C)C(C)(C)C1. The number of rotatable bonds is 5. The average molecular weight is 324 g/mol. The lowest BCUT2D eigenvalue weighted by Gasteiger charge is -2.23. The van der Waals surface area contributed by atoms with Gasteiger partial charge in [-0.2, -0.15) is 0 Å². The van der Waals surface area contributed by atoms with E-state index in [4.69, 9.17) is 9.47 Å². The van der Waals surface area contributed by atoms with Crippen LogP contribution in [0.25, 0.3) is 0 Å². The third-order valence-corrected chi connectivity index (χ3v) is 3.74. The topological polar surface area (TPSA) is 18.5 Å². The van der Waals surface area contributed by atoms with Crippen LogP contribution in [0.2, 0.25) is 0 Å². The van der Waals surface area contributed by atoms with E-state index in [9.17, 15) is 0 Å². The molecular formula is C12H21IO2. The molecule has 15 heavy (non-hydrogen) atoms. The summed E-state index contributed by atoms with van der Waals surface area (Å²) in [6.07, 6.45) is 3.47. The second-order valence-electron chi connectivity index (χ2n) is 4.65. The van der Waals surface area contributed by atoms with Crippen LogP contribution in [0.1, 0.15) is 34.1 Å². The fourth-order valence-electron chi connectivity index (χ4n) is 1.82. The first-order chi connectivity index (χ1) is 6.99. The van der Waals surface area contributed by atoms with Gasteiger partial charge in [-0.3, -0.25) is 0 Å². The third kappa shape index (κ3) is 3.71. The van der Waals surface area contributed by atoms with Crippen molar-refractivity contribution in [3.63, 3.8) is 0 Å². The lowest BCUT2D eigenvalue weighted by molar-refractivity contribution is -0.143. The fourth-order valence-corrected chi connectivity index (χ4v) is 2.28. The van der Waals surface area contributed by atoms with Crippen LogP contribution in [0, 0.1) is 5.41 Å². The van der Waals surface area contributed by atoms with Crippen molar-refractivity contribution >= 4 is 22.6 Å². The highest BCUT2D eigenvalue weighted by Gasteiger charge is 2.32. The average Bonchev–Trinajstić information content (AvgIpc) is 2.40. The number of hydrogen-bond acceptors (Lipinski definition) is 2. The molecule has 0 aliphatic heterocycles. The summed E-state index contributed by atoms with van der Waals surface area (Å²) in [7, 11) is 0. The summed E-state index contributed by atoms with van der Waals surface area (Å²) in [5.74, 6) is 0. The number of ether oxygens (including phenoxy) is 2. The van der Waals surface area contributed by atoms with Crippen LogP contribution in [-0.4, -0.2) is 23.4 Å². The largest absolute Gasteiger partial charge is 0.352 e. The molecule has 3 heteroatoms. The van der Waals surface area contributed by atoms with Gasteiger partial charge in [-0.15, -0.1) is 0 Å². The monoisotopic (exact) mass is 324 g/mol. The summed E-state index contributed by atoms with van der Waals surface area (Å²) >= 11 is 2.30. The van der Waals surface area contributed by atoms with Gasteiger partial charge in [0.2, 0.25) is 0 Å².